The predicted octanol–water partition coefficient (Wildman–Crippen LogP) is 4.72. The van der Waals surface area contributed by atoms with Crippen LogP contribution in [0.5, 0.6) is 0 Å². The van der Waals surface area contributed by atoms with Crippen molar-refractivity contribution in [1.82, 2.24) is 24.5 Å². The van der Waals surface area contributed by atoms with Crippen molar-refractivity contribution < 1.29 is 18.0 Å². The molecule has 3 aromatic rings. The third-order valence-electron chi connectivity index (χ3n) is 5.73. The lowest BCUT2D eigenvalue weighted by Gasteiger charge is -2.30. The molecule has 1 aliphatic rings. The van der Waals surface area contributed by atoms with Crippen LogP contribution in [0, 0.1) is 6.92 Å². The van der Waals surface area contributed by atoms with Gasteiger partial charge in [-0.05, 0) is 49.1 Å². The summed E-state index contributed by atoms with van der Waals surface area (Å²) in [5.41, 5.74) is 3.14. The summed E-state index contributed by atoms with van der Waals surface area (Å²) >= 11 is 3.39. The fraction of sp³-hybridized carbons (Fsp3) is 0.409. The average Bonchev–Trinajstić information content (AvgIpc) is 3.32. The van der Waals surface area contributed by atoms with E-state index in [1.54, 1.807) is 28.6 Å². The molecular formula is C22H23BrF3N5O. The maximum Gasteiger partial charge on any atom is 0.435 e. The van der Waals surface area contributed by atoms with Crippen LogP contribution in [0.1, 0.15) is 45.4 Å². The summed E-state index contributed by atoms with van der Waals surface area (Å²) < 4.78 is 44.2. The molecule has 0 spiro atoms. The van der Waals surface area contributed by atoms with Crippen molar-refractivity contribution in [1.29, 1.82) is 0 Å². The lowest BCUT2D eigenvalue weighted by atomic mass is 9.88. The molecule has 0 fully saturated rings. The first-order chi connectivity index (χ1) is 15.1. The van der Waals surface area contributed by atoms with Gasteiger partial charge in [-0.1, -0.05) is 15.9 Å². The van der Waals surface area contributed by atoms with Crippen molar-refractivity contribution in [3.05, 3.63) is 58.2 Å². The number of nitrogens with zero attached hydrogens (tertiary/aromatic N) is 5. The molecule has 0 unspecified atom stereocenters. The van der Waals surface area contributed by atoms with Gasteiger partial charge in [0.15, 0.2) is 5.69 Å². The zero-order chi connectivity index (χ0) is 23.2. The Morgan fingerprint density at radius 3 is 2.44 bits per heavy atom. The first-order valence-corrected chi connectivity index (χ1v) is 11.4. The van der Waals surface area contributed by atoms with Crippen LogP contribution in [0.2, 0.25) is 0 Å². The molecule has 0 N–H and O–H groups in total. The second-order valence-corrected chi connectivity index (χ2v) is 8.50. The number of hydrogen-bond acceptors (Lipinski definition) is 3. The van der Waals surface area contributed by atoms with Gasteiger partial charge in [0, 0.05) is 61.1 Å². The first-order valence-electron chi connectivity index (χ1n) is 10.3. The smallest absolute Gasteiger partial charge is 0.334 e. The van der Waals surface area contributed by atoms with Crippen LogP contribution in [0.4, 0.5) is 13.2 Å². The number of aryl methyl sites for hydroxylation is 3. The van der Waals surface area contributed by atoms with Crippen LogP contribution in [0.15, 0.2) is 24.5 Å². The Labute approximate surface area is 192 Å². The third-order valence-corrected chi connectivity index (χ3v) is 6.38. The van der Waals surface area contributed by atoms with Crippen molar-refractivity contribution in [2.45, 2.75) is 44.9 Å². The van der Waals surface area contributed by atoms with Gasteiger partial charge in [0.25, 0.3) is 5.91 Å². The van der Waals surface area contributed by atoms with E-state index in [0.29, 0.717) is 48.1 Å². The molecule has 1 amide bonds. The minimum absolute atomic E-state index is 0.0164. The summed E-state index contributed by atoms with van der Waals surface area (Å²) in [7, 11) is 1.83. The van der Waals surface area contributed by atoms with Gasteiger partial charge in [0.2, 0.25) is 0 Å². The maximum atomic E-state index is 13.8. The van der Waals surface area contributed by atoms with E-state index >= 15 is 0 Å². The number of carbonyl (C=O) groups is 1. The highest BCUT2D eigenvalue weighted by Gasteiger charge is 2.39. The number of hydrogen-bond donors (Lipinski definition) is 0. The van der Waals surface area contributed by atoms with Crippen molar-refractivity contribution in [3.63, 3.8) is 0 Å². The number of benzene rings is 1. The van der Waals surface area contributed by atoms with Gasteiger partial charge in [-0.25, -0.2) is 0 Å². The molecule has 10 heteroatoms. The average molecular weight is 510 g/mol. The van der Waals surface area contributed by atoms with Gasteiger partial charge in [-0.2, -0.15) is 23.4 Å². The van der Waals surface area contributed by atoms with E-state index in [1.165, 1.54) is 10.9 Å². The van der Waals surface area contributed by atoms with E-state index in [0.717, 1.165) is 16.8 Å². The van der Waals surface area contributed by atoms with Crippen LogP contribution in [-0.4, -0.2) is 36.9 Å². The molecule has 0 saturated heterocycles. The molecule has 170 valence electrons. The highest BCUT2D eigenvalue weighted by molar-refractivity contribution is 9.08. The monoisotopic (exact) mass is 509 g/mol. The SMILES string of the molecule is CCn1cc(-c2cc(CBr)cc3c2CCN(Cc2cn(C)nc2C)C3=O)c(C(F)(F)F)n1. The molecule has 0 bridgehead atoms. The van der Waals surface area contributed by atoms with Crippen molar-refractivity contribution in [3.8, 4) is 11.1 Å². The van der Waals surface area contributed by atoms with Crippen LogP contribution < -0.4 is 0 Å². The molecular weight excluding hydrogens is 487 g/mol. The third kappa shape index (κ3) is 4.07. The minimum atomic E-state index is -4.59. The Morgan fingerprint density at radius 2 is 1.84 bits per heavy atom. The topological polar surface area (TPSA) is 56.0 Å². The summed E-state index contributed by atoms with van der Waals surface area (Å²) in [6, 6.07) is 3.50. The molecule has 1 aliphatic heterocycles. The molecule has 0 radical (unpaired) electrons. The Morgan fingerprint density at radius 1 is 1.12 bits per heavy atom. The normalized spacial score (nSPS) is 14.2. The van der Waals surface area contributed by atoms with Crippen molar-refractivity contribution in [2.75, 3.05) is 6.54 Å². The second kappa shape index (κ2) is 8.38. The van der Waals surface area contributed by atoms with Crippen LogP contribution in [0.3, 0.4) is 0 Å². The van der Waals surface area contributed by atoms with E-state index in [-0.39, 0.29) is 11.5 Å². The number of carbonyl (C=O) groups excluding carboxylic acids is 1. The van der Waals surface area contributed by atoms with E-state index in [1.807, 2.05) is 20.2 Å². The minimum Gasteiger partial charge on any atom is -0.334 e. The zero-order valence-corrected chi connectivity index (χ0v) is 19.6. The van der Waals surface area contributed by atoms with Crippen LogP contribution in [-0.2, 0) is 38.1 Å². The summed E-state index contributed by atoms with van der Waals surface area (Å²) in [6.45, 7) is 4.78. The number of halogens is 4. The lowest BCUT2D eigenvalue weighted by molar-refractivity contribution is -0.141. The molecule has 4 rings (SSSR count). The van der Waals surface area contributed by atoms with Gasteiger partial charge in [-0.3, -0.25) is 14.2 Å². The molecule has 0 saturated carbocycles. The summed E-state index contributed by atoms with van der Waals surface area (Å²) in [4.78, 5) is 15.1. The fourth-order valence-electron chi connectivity index (χ4n) is 4.18. The van der Waals surface area contributed by atoms with Gasteiger partial charge < -0.3 is 4.90 Å². The second-order valence-electron chi connectivity index (χ2n) is 7.94. The van der Waals surface area contributed by atoms with Crippen LogP contribution >= 0.6 is 15.9 Å². The van der Waals surface area contributed by atoms with Crippen molar-refractivity contribution >= 4 is 21.8 Å². The maximum absolute atomic E-state index is 13.8. The molecule has 0 atom stereocenters. The largest absolute Gasteiger partial charge is 0.435 e. The standard InChI is InChI=1S/C22H23BrF3N5O/c1-4-31-12-19(20(28-31)22(24,25)26)17-7-14(9-23)8-18-16(17)5-6-30(21(18)32)11-15-10-29(3)27-13(15)2/h7-8,10,12H,4-6,9,11H2,1-3H3. The number of rotatable bonds is 5. The molecule has 6 nitrogen and oxygen atoms in total. The molecule has 0 aliphatic carbocycles. The quantitative estimate of drug-likeness (QED) is 0.467. The van der Waals surface area contributed by atoms with Crippen LogP contribution in [0.25, 0.3) is 11.1 Å². The van der Waals surface area contributed by atoms with Gasteiger partial charge in [0.1, 0.15) is 0 Å². The molecule has 1 aromatic carbocycles. The van der Waals surface area contributed by atoms with E-state index in [4.69, 9.17) is 0 Å². The van der Waals surface area contributed by atoms with E-state index in [2.05, 4.69) is 26.1 Å². The molecule has 32 heavy (non-hydrogen) atoms. The Bertz CT molecular complexity index is 1180. The number of alkyl halides is 4. The van der Waals surface area contributed by atoms with Crippen molar-refractivity contribution in [2.24, 2.45) is 7.05 Å². The fourth-order valence-corrected chi connectivity index (χ4v) is 4.50. The Balaban J connectivity index is 1.80. The highest BCUT2D eigenvalue weighted by Crippen LogP contribution is 2.40. The molecule has 3 heterocycles. The van der Waals surface area contributed by atoms with Gasteiger partial charge >= 0.3 is 6.18 Å². The predicted molar refractivity (Wildman–Crippen MR) is 117 cm³/mol. The number of fused-ring (bicyclic) bond motifs is 1. The summed E-state index contributed by atoms with van der Waals surface area (Å²) in [6.07, 6.45) is -0.817. The van der Waals surface area contributed by atoms with Gasteiger partial charge in [0.05, 0.1) is 5.69 Å². The van der Waals surface area contributed by atoms with E-state index in [9.17, 15) is 18.0 Å². The van der Waals surface area contributed by atoms with Gasteiger partial charge in [-0.15, -0.1) is 0 Å². The first kappa shape index (κ1) is 22.6. The lowest BCUT2D eigenvalue weighted by Crippen LogP contribution is -2.37. The van der Waals surface area contributed by atoms with E-state index < -0.39 is 11.9 Å². The summed E-state index contributed by atoms with van der Waals surface area (Å²) in [5, 5.41) is 8.51. The summed E-state index contributed by atoms with van der Waals surface area (Å²) in [5.74, 6) is -0.185. The zero-order valence-electron chi connectivity index (χ0n) is 18.0. The Kier molecular flexibility index (Phi) is 5.91. The Hall–Kier alpha value is -2.62. The number of amides is 1. The highest BCUT2D eigenvalue weighted by atomic mass is 79.9. The number of aromatic nitrogens is 4. The molecule has 2 aromatic heterocycles.